The van der Waals surface area contributed by atoms with E-state index in [0.29, 0.717) is 6.42 Å². The van der Waals surface area contributed by atoms with Gasteiger partial charge in [0.2, 0.25) is 5.91 Å². The maximum atomic E-state index is 12.9. The fourth-order valence-corrected chi connectivity index (χ4v) is 4.13. The van der Waals surface area contributed by atoms with Crippen molar-refractivity contribution in [1.82, 2.24) is 10.2 Å². The molecule has 0 saturated heterocycles. The lowest BCUT2D eigenvalue weighted by molar-refractivity contribution is -0.144. The average Bonchev–Trinajstić information content (AvgIpc) is 3.15. The number of hydrogen-bond donors (Lipinski definition) is 2. The number of unbranched alkanes of at least 4 members (excludes halogenated alkanes) is 1. The number of carboxylic acids is 1. The van der Waals surface area contributed by atoms with Gasteiger partial charge in [0.25, 0.3) is 0 Å². The molecule has 0 radical (unpaired) electrons. The molecule has 8 heteroatoms. The van der Waals surface area contributed by atoms with Crippen LogP contribution in [0.2, 0.25) is 0 Å². The van der Waals surface area contributed by atoms with Crippen molar-refractivity contribution in [3.8, 4) is 29.5 Å². The van der Waals surface area contributed by atoms with Gasteiger partial charge in [0.1, 0.15) is 19.2 Å². The number of nitrogens with zero attached hydrogens (tertiary/aromatic N) is 2. The number of nitriles is 1. The van der Waals surface area contributed by atoms with E-state index in [1.54, 1.807) is 0 Å². The van der Waals surface area contributed by atoms with Gasteiger partial charge < -0.3 is 20.1 Å². The van der Waals surface area contributed by atoms with Gasteiger partial charge in [-0.25, -0.2) is 4.79 Å². The first-order valence-electron chi connectivity index (χ1n) is 10.9. The van der Waals surface area contributed by atoms with Gasteiger partial charge >= 0.3 is 12.1 Å². The molecule has 0 fully saturated rings. The molecule has 2 aromatic rings. The lowest BCUT2D eigenvalue weighted by atomic mass is 9.98. The Morgan fingerprint density at radius 1 is 1.12 bits per heavy atom. The Hall–Kier alpha value is -4.30. The van der Waals surface area contributed by atoms with Crippen LogP contribution in [-0.4, -0.2) is 53.7 Å². The number of carbonyl (C=O) groups is 3. The Labute approximate surface area is 198 Å². The zero-order valence-electron chi connectivity index (χ0n) is 18.6. The van der Waals surface area contributed by atoms with Crippen molar-refractivity contribution in [2.45, 2.75) is 31.2 Å². The number of nitrogens with one attached hydrogen (secondary N) is 1. The number of amides is 2. The van der Waals surface area contributed by atoms with Crippen molar-refractivity contribution >= 4 is 18.0 Å². The maximum Gasteiger partial charge on any atom is 0.407 e. The molecule has 8 nitrogen and oxygen atoms in total. The maximum absolute atomic E-state index is 12.9. The number of carbonyl (C=O) groups excluding carboxylic acids is 2. The van der Waals surface area contributed by atoms with Crippen LogP contribution in [-0.2, 0) is 14.3 Å². The smallest absolute Gasteiger partial charge is 0.407 e. The van der Waals surface area contributed by atoms with E-state index >= 15 is 0 Å². The Morgan fingerprint density at radius 3 is 2.29 bits per heavy atom. The number of fused-ring (bicyclic) bond motifs is 3. The Kier molecular flexibility index (Phi) is 8.26. The minimum absolute atomic E-state index is 0.0716. The fraction of sp³-hybridized carbons (Fsp3) is 0.308. The van der Waals surface area contributed by atoms with E-state index in [-0.39, 0.29) is 31.9 Å². The molecule has 2 N–H and O–H groups in total. The van der Waals surface area contributed by atoms with E-state index in [2.05, 4.69) is 11.2 Å². The summed E-state index contributed by atoms with van der Waals surface area (Å²) in [7, 11) is 0. The minimum Gasteiger partial charge on any atom is -0.480 e. The molecule has 0 saturated carbocycles. The van der Waals surface area contributed by atoms with Gasteiger partial charge in [0.05, 0.1) is 12.6 Å². The second kappa shape index (κ2) is 11.5. The summed E-state index contributed by atoms with van der Waals surface area (Å²) in [5.74, 6) is 0.259. The van der Waals surface area contributed by atoms with Gasteiger partial charge in [-0.15, -0.1) is 6.42 Å². The molecule has 174 valence electrons. The topological polar surface area (TPSA) is 120 Å². The van der Waals surface area contributed by atoms with Gasteiger partial charge in [0, 0.05) is 12.3 Å². The SMILES string of the molecule is C#CCN(CC(=O)O)C(=O)C(CCCC#N)NC(=O)OCC1c2ccccc2-c2ccccc21. The zero-order valence-corrected chi connectivity index (χ0v) is 18.6. The van der Waals surface area contributed by atoms with Crippen LogP contribution in [0, 0.1) is 23.7 Å². The Morgan fingerprint density at radius 2 is 1.74 bits per heavy atom. The molecule has 0 spiro atoms. The quantitative estimate of drug-likeness (QED) is 0.416. The number of alkyl carbamates (subject to hydrolysis) is 1. The number of aliphatic carboxylic acids is 1. The molecule has 3 rings (SSSR count). The highest BCUT2D eigenvalue weighted by Crippen LogP contribution is 2.44. The summed E-state index contributed by atoms with van der Waals surface area (Å²) in [6.45, 7) is -0.738. The predicted octanol–water partition coefficient (Wildman–Crippen LogP) is 3.13. The third kappa shape index (κ3) is 5.73. The summed E-state index contributed by atoms with van der Waals surface area (Å²) < 4.78 is 5.51. The molecule has 1 aliphatic rings. The molecule has 0 aromatic heterocycles. The van der Waals surface area contributed by atoms with Gasteiger partial charge in [-0.3, -0.25) is 9.59 Å². The van der Waals surface area contributed by atoms with Gasteiger partial charge in [0.15, 0.2) is 0 Å². The molecule has 0 bridgehead atoms. The number of ether oxygens (including phenoxy) is 1. The zero-order chi connectivity index (χ0) is 24.5. The molecular formula is C26H25N3O5. The van der Waals surface area contributed by atoms with E-state index in [1.165, 1.54) is 0 Å². The Balaban J connectivity index is 1.70. The highest BCUT2D eigenvalue weighted by Gasteiger charge is 2.31. The largest absolute Gasteiger partial charge is 0.480 e. The summed E-state index contributed by atoms with van der Waals surface area (Å²) in [6.07, 6.45) is 5.15. The third-order valence-electron chi connectivity index (χ3n) is 5.64. The number of benzene rings is 2. The van der Waals surface area contributed by atoms with Crippen LogP contribution in [0.1, 0.15) is 36.3 Å². The first-order chi connectivity index (χ1) is 16.5. The van der Waals surface area contributed by atoms with Crippen molar-refractivity contribution in [3.63, 3.8) is 0 Å². The molecule has 2 amide bonds. The van der Waals surface area contributed by atoms with Gasteiger partial charge in [-0.1, -0.05) is 54.5 Å². The molecule has 1 atom stereocenters. The Bertz CT molecular complexity index is 1100. The van der Waals surface area contributed by atoms with Gasteiger partial charge in [-0.2, -0.15) is 5.26 Å². The predicted molar refractivity (Wildman–Crippen MR) is 125 cm³/mol. The molecule has 1 unspecified atom stereocenters. The lowest BCUT2D eigenvalue weighted by Crippen LogP contribution is -2.50. The first-order valence-corrected chi connectivity index (χ1v) is 10.9. The monoisotopic (exact) mass is 459 g/mol. The summed E-state index contributed by atoms with van der Waals surface area (Å²) in [6, 6.07) is 16.8. The normalized spacial score (nSPS) is 12.4. The van der Waals surface area contributed by atoms with Crippen LogP contribution in [0.25, 0.3) is 11.1 Å². The van der Waals surface area contributed by atoms with Crippen molar-refractivity contribution < 1.29 is 24.2 Å². The number of terminal acetylenes is 1. The molecule has 1 aliphatic carbocycles. The van der Waals surface area contributed by atoms with Crippen LogP contribution in [0.3, 0.4) is 0 Å². The van der Waals surface area contributed by atoms with Gasteiger partial charge in [-0.05, 0) is 35.1 Å². The van der Waals surface area contributed by atoms with Crippen LogP contribution in [0.15, 0.2) is 48.5 Å². The van der Waals surface area contributed by atoms with Crippen molar-refractivity contribution in [3.05, 3.63) is 59.7 Å². The van der Waals surface area contributed by atoms with Crippen molar-refractivity contribution in [1.29, 1.82) is 5.26 Å². The van der Waals surface area contributed by atoms with Crippen molar-refractivity contribution in [2.75, 3.05) is 19.7 Å². The van der Waals surface area contributed by atoms with E-state index in [4.69, 9.17) is 21.5 Å². The second-order valence-electron chi connectivity index (χ2n) is 7.86. The van der Waals surface area contributed by atoms with E-state index in [1.807, 2.05) is 54.6 Å². The highest BCUT2D eigenvalue weighted by atomic mass is 16.5. The highest BCUT2D eigenvalue weighted by molar-refractivity contribution is 5.88. The van der Waals surface area contributed by atoms with Crippen LogP contribution < -0.4 is 5.32 Å². The minimum atomic E-state index is -1.22. The third-order valence-corrected chi connectivity index (χ3v) is 5.64. The van der Waals surface area contributed by atoms with Crippen LogP contribution >= 0.6 is 0 Å². The lowest BCUT2D eigenvalue weighted by Gasteiger charge is -2.25. The van der Waals surface area contributed by atoms with Crippen molar-refractivity contribution in [2.24, 2.45) is 0 Å². The summed E-state index contributed by atoms with van der Waals surface area (Å²) >= 11 is 0. The standard InChI is InChI=1S/C26H25N3O5/c1-2-15-29(16-24(30)31)25(32)23(13-7-8-14-27)28-26(33)34-17-22-20-11-5-3-9-18(20)19-10-4-6-12-21(19)22/h1,3-6,9-12,22-23H,7-8,13,15-17H2,(H,28,33)(H,30,31). The van der Waals surface area contributed by atoms with E-state index < -0.39 is 30.6 Å². The number of rotatable bonds is 10. The summed E-state index contributed by atoms with van der Waals surface area (Å²) in [4.78, 5) is 37.7. The van der Waals surface area contributed by atoms with Crippen LogP contribution in [0.5, 0.6) is 0 Å². The number of hydrogen-bond acceptors (Lipinski definition) is 5. The number of carboxylic acid groups (broad SMARTS) is 1. The molecule has 2 aromatic carbocycles. The van der Waals surface area contributed by atoms with E-state index in [9.17, 15) is 14.4 Å². The molecule has 0 heterocycles. The van der Waals surface area contributed by atoms with E-state index in [0.717, 1.165) is 27.2 Å². The molecule has 34 heavy (non-hydrogen) atoms. The average molecular weight is 460 g/mol. The first kappa shape index (κ1) is 24.3. The van der Waals surface area contributed by atoms with Crippen LogP contribution in [0.4, 0.5) is 4.79 Å². The summed E-state index contributed by atoms with van der Waals surface area (Å²) in [5.41, 5.74) is 4.30. The molecule has 0 aliphatic heterocycles. The molecular weight excluding hydrogens is 434 g/mol. The summed E-state index contributed by atoms with van der Waals surface area (Å²) in [5, 5.41) is 20.4. The fourth-order valence-electron chi connectivity index (χ4n) is 4.13. The second-order valence-corrected chi connectivity index (χ2v) is 7.86.